The Hall–Kier alpha value is -2.49. The molecular formula is C16H16N2O2. The molecule has 4 heteroatoms. The van der Waals surface area contributed by atoms with Crippen molar-refractivity contribution in [3.63, 3.8) is 0 Å². The Morgan fingerprint density at radius 3 is 2.15 bits per heavy atom. The van der Waals surface area contributed by atoms with E-state index < -0.39 is 6.03 Å². The average Bonchev–Trinajstić information content (AvgIpc) is 2.53. The Bertz CT molecular complexity index is 579. The number of hydrogen-bond donors (Lipinski definition) is 0. The Kier molecular flexibility index (Phi) is 4.60. The summed E-state index contributed by atoms with van der Waals surface area (Å²) in [7, 11) is 0. The summed E-state index contributed by atoms with van der Waals surface area (Å²) >= 11 is 0. The van der Waals surface area contributed by atoms with Gasteiger partial charge in [-0.1, -0.05) is 49.4 Å². The van der Waals surface area contributed by atoms with E-state index in [1.54, 1.807) is 12.1 Å². The van der Waals surface area contributed by atoms with Crippen molar-refractivity contribution in [1.29, 1.82) is 0 Å². The fourth-order valence-electron chi connectivity index (χ4n) is 1.99. The van der Waals surface area contributed by atoms with Gasteiger partial charge in [0.2, 0.25) is 0 Å². The number of hydrogen-bond acceptors (Lipinski definition) is 2. The van der Waals surface area contributed by atoms with Crippen LogP contribution in [-0.2, 0) is 13.0 Å². The highest BCUT2D eigenvalue weighted by atomic mass is 16.3. The summed E-state index contributed by atoms with van der Waals surface area (Å²) in [4.78, 5) is 23.6. The van der Waals surface area contributed by atoms with Crippen LogP contribution in [0.15, 0.2) is 59.8 Å². The van der Waals surface area contributed by atoms with Crippen molar-refractivity contribution in [3.8, 4) is 0 Å². The monoisotopic (exact) mass is 268 g/mol. The SMILES string of the molecule is CCc1ccc(CN(C(=O)N=O)c2ccccc2)cc1. The molecule has 0 saturated carbocycles. The lowest BCUT2D eigenvalue weighted by atomic mass is 10.1. The topological polar surface area (TPSA) is 49.7 Å². The third-order valence-corrected chi connectivity index (χ3v) is 3.15. The highest BCUT2D eigenvalue weighted by Gasteiger charge is 2.16. The van der Waals surface area contributed by atoms with Crippen LogP contribution in [0.5, 0.6) is 0 Å². The van der Waals surface area contributed by atoms with Gasteiger partial charge in [-0.3, -0.25) is 4.90 Å². The number of carbonyl (C=O) groups excluding carboxylic acids is 1. The number of anilines is 1. The van der Waals surface area contributed by atoms with Crippen molar-refractivity contribution in [2.45, 2.75) is 19.9 Å². The summed E-state index contributed by atoms with van der Waals surface area (Å²) in [6, 6.07) is 16.3. The number of nitrogens with zero attached hydrogens (tertiary/aromatic N) is 2. The highest BCUT2D eigenvalue weighted by molar-refractivity contribution is 5.92. The lowest BCUT2D eigenvalue weighted by Crippen LogP contribution is -2.27. The summed E-state index contributed by atoms with van der Waals surface area (Å²) in [5, 5.41) is 2.53. The van der Waals surface area contributed by atoms with Crippen LogP contribution in [0.2, 0.25) is 0 Å². The maximum absolute atomic E-state index is 11.7. The summed E-state index contributed by atoms with van der Waals surface area (Å²) in [5.74, 6) is 0. The molecular weight excluding hydrogens is 252 g/mol. The van der Waals surface area contributed by atoms with Gasteiger partial charge < -0.3 is 0 Å². The van der Waals surface area contributed by atoms with Crippen LogP contribution in [0.1, 0.15) is 18.1 Å². The maximum Gasteiger partial charge on any atom is 0.385 e. The molecule has 0 N–H and O–H groups in total. The molecule has 0 bridgehead atoms. The minimum atomic E-state index is -0.782. The van der Waals surface area contributed by atoms with E-state index >= 15 is 0 Å². The molecule has 2 amide bonds. The molecule has 0 aliphatic heterocycles. The van der Waals surface area contributed by atoms with Crippen LogP contribution in [0.4, 0.5) is 10.5 Å². The number of amides is 2. The van der Waals surface area contributed by atoms with E-state index in [1.807, 2.05) is 42.5 Å². The molecule has 0 aliphatic rings. The van der Waals surface area contributed by atoms with E-state index in [-0.39, 0.29) is 0 Å². The third kappa shape index (κ3) is 3.29. The second kappa shape index (κ2) is 6.61. The predicted molar refractivity (Wildman–Crippen MR) is 79.6 cm³/mol. The van der Waals surface area contributed by atoms with Crippen molar-refractivity contribution in [3.05, 3.63) is 70.6 Å². The first-order valence-electron chi connectivity index (χ1n) is 6.52. The molecule has 0 aliphatic carbocycles. The number of rotatable bonds is 4. The van der Waals surface area contributed by atoms with Crippen molar-refractivity contribution in [2.24, 2.45) is 5.18 Å². The molecule has 4 nitrogen and oxygen atoms in total. The van der Waals surface area contributed by atoms with Gasteiger partial charge in [0.15, 0.2) is 0 Å². The molecule has 0 atom stereocenters. The average molecular weight is 268 g/mol. The van der Waals surface area contributed by atoms with Gasteiger partial charge in [-0.05, 0) is 29.7 Å². The number of para-hydroxylation sites is 1. The van der Waals surface area contributed by atoms with E-state index in [0.717, 1.165) is 12.0 Å². The van der Waals surface area contributed by atoms with E-state index in [0.29, 0.717) is 12.2 Å². The standard InChI is InChI=1S/C16H16N2O2/c1-2-13-8-10-14(11-9-13)12-18(16(19)17-20)15-6-4-3-5-7-15/h3-11H,2,12H2,1H3. The van der Waals surface area contributed by atoms with Gasteiger partial charge in [-0.25, -0.2) is 4.79 Å². The Balaban J connectivity index is 2.23. The van der Waals surface area contributed by atoms with Crippen LogP contribution in [0.25, 0.3) is 0 Å². The van der Waals surface area contributed by atoms with E-state index in [4.69, 9.17) is 0 Å². The van der Waals surface area contributed by atoms with Gasteiger partial charge in [0, 0.05) is 10.9 Å². The van der Waals surface area contributed by atoms with Gasteiger partial charge >= 0.3 is 6.03 Å². The normalized spacial score (nSPS) is 10.1. The van der Waals surface area contributed by atoms with E-state index in [2.05, 4.69) is 12.1 Å². The molecule has 0 heterocycles. The zero-order valence-electron chi connectivity index (χ0n) is 11.3. The van der Waals surface area contributed by atoms with Crippen molar-refractivity contribution in [2.75, 3.05) is 4.90 Å². The third-order valence-electron chi connectivity index (χ3n) is 3.15. The van der Waals surface area contributed by atoms with Crippen molar-refractivity contribution >= 4 is 11.7 Å². The molecule has 20 heavy (non-hydrogen) atoms. The predicted octanol–water partition coefficient (Wildman–Crippen LogP) is 4.14. The van der Waals surface area contributed by atoms with Gasteiger partial charge in [0.1, 0.15) is 0 Å². The largest absolute Gasteiger partial charge is 0.385 e. The number of benzene rings is 2. The van der Waals surface area contributed by atoms with E-state index in [9.17, 15) is 9.70 Å². The lowest BCUT2D eigenvalue weighted by molar-refractivity contribution is 0.253. The molecule has 0 radical (unpaired) electrons. The fraction of sp³-hybridized carbons (Fsp3) is 0.188. The number of aryl methyl sites for hydroxylation is 1. The minimum absolute atomic E-state index is 0.332. The van der Waals surface area contributed by atoms with Gasteiger partial charge in [0.05, 0.1) is 6.54 Å². The van der Waals surface area contributed by atoms with Crippen LogP contribution in [-0.4, -0.2) is 6.03 Å². The summed E-state index contributed by atoms with van der Waals surface area (Å²) in [6.45, 7) is 2.42. The quantitative estimate of drug-likeness (QED) is 0.782. The Morgan fingerprint density at radius 1 is 1.00 bits per heavy atom. The molecule has 2 rings (SSSR count). The smallest absolute Gasteiger partial charge is 0.286 e. The minimum Gasteiger partial charge on any atom is -0.286 e. The Morgan fingerprint density at radius 2 is 1.60 bits per heavy atom. The first kappa shape index (κ1) is 13.9. The zero-order chi connectivity index (χ0) is 14.4. The van der Waals surface area contributed by atoms with Crippen molar-refractivity contribution in [1.82, 2.24) is 0 Å². The molecule has 0 aromatic heterocycles. The highest BCUT2D eigenvalue weighted by Crippen LogP contribution is 2.18. The first-order valence-corrected chi connectivity index (χ1v) is 6.52. The second-order valence-corrected chi connectivity index (χ2v) is 4.47. The van der Waals surface area contributed by atoms with Crippen LogP contribution in [0, 0.1) is 4.91 Å². The molecule has 2 aromatic carbocycles. The lowest BCUT2D eigenvalue weighted by Gasteiger charge is -2.19. The zero-order valence-corrected chi connectivity index (χ0v) is 11.3. The van der Waals surface area contributed by atoms with Crippen LogP contribution >= 0.6 is 0 Å². The Labute approximate surface area is 118 Å². The molecule has 102 valence electrons. The molecule has 2 aromatic rings. The van der Waals surface area contributed by atoms with Crippen LogP contribution < -0.4 is 4.90 Å². The summed E-state index contributed by atoms with van der Waals surface area (Å²) in [6.07, 6.45) is 0.970. The number of nitroso groups, excluding NO2 is 1. The second-order valence-electron chi connectivity index (χ2n) is 4.47. The summed E-state index contributed by atoms with van der Waals surface area (Å²) in [5.41, 5.74) is 2.86. The van der Waals surface area contributed by atoms with E-state index in [1.165, 1.54) is 10.5 Å². The van der Waals surface area contributed by atoms with Gasteiger partial charge in [-0.2, -0.15) is 0 Å². The first-order chi connectivity index (χ1) is 9.74. The van der Waals surface area contributed by atoms with Gasteiger partial charge in [-0.15, -0.1) is 4.91 Å². The molecule has 0 saturated heterocycles. The number of carbonyl (C=O) groups is 1. The molecule has 0 spiro atoms. The molecule has 0 unspecified atom stereocenters. The molecule has 0 fully saturated rings. The number of urea groups is 1. The fourth-order valence-corrected chi connectivity index (χ4v) is 1.99. The van der Waals surface area contributed by atoms with Crippen LogP contribution in [0.3, 0.4) is 0 Å². The summed E-state index contributed by atoms with van der Waals surface area (Å²) < 4.78 is 0. The van der Waals surface area contributed by atoms with Crippen molar-refractivity contribution < 1.29 is 4.79 Å². The van der Waals surface area contributed by atoms with Gasteiger partial charge in [0.25, 0.3) is 0 Å². The maximum atomic E-state index is 11.7.